The fourth-order valence-electron chi connectivity index (χ4n) is 0.865. The molecule has 0 saturated carbocycles. The molecule has 0 aliphatic heterocycles. The first-order valence-electron chi connectivity index (χ1n) is 4.13. The molecule has 0 aromatic rings. The molecule has 0 radical (unpaired) electrons. The molecule has 4 heteroatoms. The molecule has 0 aromatic heterocycles. The minimum atomic E-state index is 0. The van der Waals surface area contributed by atoms with E-state index < -0.39 is 0 Å². The first-order valence-corrected chi connectivity index (χ1v) is 4.98. The molecule has 0 aliphatic rings. The Balaban J connectivity index is 0. The normalized spacial score (nSPS) is 8.83. The predicted molar refractivity (Wildman–Crippen MR) is 63.4 cm³/mol. The average Bonchev–Trinajstić information content (AvgIpc) is 1.96. The Morgan fingerprint density at radius 2 is 1.83 bits per heavy atom. The maximum atomic E-state index is 5.02. The van der Waals surface area contributed by atoms with Gasteiger partial charge in [0.05, 0.1) is 6.61 Å². The van der Waals surface area contributed by atoms with Gasteiger partial charge in [-0.05, 0) is 18.6 Å². The predicted octanol–water partition coefficient (Wildman–Crippen LogP) is 2.54. The molecule has 0 atom stereocenters. The van der Waals surface area contributed by atoms with Gasteiger partial charge in [0, 0.05) is 0 Å². The standard InChI is InChI=1S/C8H16OS2.K.H/c1-2-3-4-5-6-7-9-8(10)11;;/h2-7H2,1H3,(H,10,11);;. The van der Waals surface area contributed by atoms with Gasteiger partial charge in [0.15, 0.2) is 0 Å². The van der Waals surface area contributed by atoms with Crippen molar-refractivity contribution < 1.29 is 4.74 Å². The van der Waals surface area contributed by atoms with Gasteiger partial charge >= 0.3 is 51.4 Å². The van der Waals surface area contributed by atoms with Crippen LogP contribution in [0.4, 0.5) is 0 Å². The number of hydrogen-bond donors (Lipinski definition) is 1. The Kier molecular flexibility index (Phi) is 17.5. The SMILES string of the molecule is CCCCCCCOC(=S)S.[KH]. The van der Waals surface area contributed by atoms with Crippen molar-refractivity contribution in [3.8, 4) is 0 Å². The summed E-state index contributed by atoms with van der Waals surface area (Å²) in [4.78, 5) is 0. The topological polar surface area (TPSA) is 9.23 Å². The van der Waals surface area contributed by atoms with Crippen LogP contribution in [0.1, 0.15) is 39.0 Å². The first-order chi connectivity index (χ1) is 5.27. The average molecular weight is 232 g/mol. The van der Waals surface area contributed by atoms with Crippen LogP contribution in [0.25, 0.3) is 0 Å². The maximum absolute atomic E-state index is 5.02. The van der Waals surface area contributed by atoms with Crippen LogP contribution in [0.2, 0.25) is 0 Å². The van der Waals surface area contributed by atoms with Gasteiger partial charge in [0.25, 0.3) is 0 Å². The summed E-state index contributed by atoms with van der Waals surface area (Å²) in [5.41, 5.74) is 0. The zero-order valence-corrected chi connectivity index (χ0v) is 8.72. The zero-order chi connectivity index (χ0) is 8.53. The van der Waals surface area contributed by atoms with E-state index in [0.717, 1.165) is 13.0 Å². The quantitative estimate of drug-likeness (QED) is 0.326. The van der Waals surface area contributed by atoms with Gasteiger partial charge in [-0.2, -0.15) is 0 Å². The Bertz CT molecular complexity index is 109. The number of thiol groups is 1. The van der Waals surface area contributed by atoms with Gasteiger partial charge in [-0.15, -0.1) is 0 Å². The third-order valence-electron chi connectivity index (χ3n) is 1.47. The third kappa shape index (κ3) is 14.4. The Hall–Kier alpha value is 1.88. The first kappa shape index (κ1) is 16.3. The summed E-state index contributed by atoms with van der Waals surface area (Å²) < 4.78 is 5.38. The van der Waals surface area contributed by atoms with Crippen LogP contribution >= 0.6 is 24.8 Å². The van der Waals surface area contributed by atoms with Crippen molar-refractivity contribution in [3.63, 3.8) is 0 Å². The molecule has 0 amide bonds. The molecule has 0 rings (SSSR count). The van der Waals surface area contributed by atoms with Gasteiger partial charge in [-0.1, -0.05) is 45.2 Å². The van der Waals surface area contributed by atoms with Gasteiger partial charge in [-0.25, -0.2) is 0 Å². The molecule has 68 valence electrons. The van der Waals surface area contributed by atoms with Gasteiger partial charge < -0.3 is 4.74 Å². The van der Waals surface area contributed by atoms with Crippen molar-refractivity contribution in [2.75, 3.05) is 6.61 Å². The van der Waals surface area contributed by atoms with E-state index in [0.29, 0.717) is 4.38 Å². The van der Waals surface area contributed by atoms with Crippen LogP contribution in [0, 0.1) is 0 Å². The van der Waals surface area contributed by atoms with Crippen molar-refractivity contribution in [2.24, 2.45) is 0 Å². The molecular weight excluding hydrogens is 215 g/mol. The van der Waals surface area contributed by atoms with E-state index in [9.17, 15) is 0 Å². The minimum absolute atomic E-state index is 0. The van der Waals surface area contributed by atoms with E-state index in [1.165, 1.54) is 25.7 Å². The zero-order valence-electron chi connectivity index (χ0n) is 7.01. The summed E-state index contributed by atoms with van der Waals surface area (Å²) >= 11 is 8.49. The van der Waals surface area contributed by atoms with E-state index in [4.69, 9.17) is 4.74 Å². The Morgan fingerprint density at radius 3 is 2.33 bits per heavy atom. The summed E-state index contributed by atoms with van der Waals surface area (Å²) in [6.45, 7) is 2.94. The van der Waals surface area contributed by atoms with Crippen LogP contribution in [0.5, 0.6) is 0 Å². The van der Waals surface area contributed by atoms with Crippen molar-refractivity contribution in [1.29, 1.82) is 0 Å². The summed E-state index contributed by atoms with van der Waals surface area (Å²) in [6, 6.07) is 0. The van der Waals surface area contributed by atoms with Gasteiger partial charge in [0.1, 0.15) is 0 Å². The summed E-state index contributed by atoms with van der Waals surface area (Å²) in [6.07, 6.45) is 6.25. The number of rotatable bonds is 6. The number of hydrogen-bond acceptors (Lipinski definition) is 2. The second-order valence-corrected chi connectivity index (χ2v) is 3.61. The van der Waals surface area contributed by atoms with Crippen molar-refractivity contribution >= 4 is 80.6 Å². The summed E-state index contributed by atoms with van der Waals surface area (Å²) in [7, 11) is 0. The molecule has 0 bridgehead atoms. The second kappa shape index (κ2) is 12.9. The van der Waals surface area contributed by atoms with Crippen molar-refractivity contribution in [1.82, 2.24) is 0 Å². The van der Waals surface area contributed by atoms with Crippen LogP contribution in [0.15, 0.2) is 0 Å². The van der Waals surface area contributed by atoms with E-state index >= 15 is 0 Å². The molecule has 0 unspecified atom stereocenters. The van der Waals surface area contributed by atoms with Gasteiger partial charge in [0.2, 0.25) is 4.38 Å². The number of thiocarbonyl (C=S) groups is 1. The molecule has 0 saturated heterocycles. The van der Waals surface area contributed by atoms with Crippen LogP contribution < -0.4 is 0 Å². The van der Waals surface area contributed by atoms with E-state index in [-0.39, 0.29) is 51.4 Å². The van der Waals surface area contributed by atoms with E-state index in [1.807, 2.05) is 0 Å². The molecule has 0 N–H and O–H groups in total. The molecule has 0 spiro atoms. The fraction of sp³-hybridized carbons (Fsp3) is 0.875. The monoisotopic (exact) mass is 232 g/mol. The molecule has 0 heterocycles. The molecule has 0 aliphatic carbocycles. The third-order valence-corrected chi connectivity index (χ3v) is 1.72. The number of ether oxygens (including phenoxy) is 1. The molecule has 1 nitrogen and oxygen atoms in total. The Labute approximate surface area is 129 Å². The molecular formula is C8H17KOS2. The van der Waals surface area contributed by atoms with Crippen LogP contribution in [-0.4, -0.2) is 62.4 Å². The fourth-order valence-corrected chi connectivity index (χ4v) is 1.04. The van der Waals surface area contributed by atoms with E-state index in [2.05, 4.69) is 31.8 Å². The van der Waals surface area contributed by atoms with Crippen LogP contribution in [-0.2, 0) is 4.74 Å². The molecule has 0 aromatic carbocycles. The van der Waals surface area contributed by atoms with Crippen molar-refractivity contribution in [2.45, 2.75) is 39.0 Å². The number of unbranched alkanes of at least 4 members (excludes halogenated alkanes) is 4. The Morgan fingerprint density at radius 1 is 1.25 bits per heavy atom. The second-order valence-electron chi connectivity index (χ2n) is 2.53. The summed E-state index contributed by atoms with van der Waals surface area (Å²) in [5.74, 6) is 0. The van der Waals surface area contributed by atoms with Crippen LogP contribution in [0.3, 0.4) is 0 Å². The van der Waals surface area contributed by atoms with Crippen molar-refractivity contribution in [3.05, 3.63) is 0 Å². The van der Waals surface area contributed by atoms with E-state index in [1.54, 1.807) is 0 Å². The summed E-state index contributed by atoms with van der Waals surface area (Å²) in [5, 5.41) is 0. The van der Waals surface area contributed by atoms with Gasteiger partial charge in [-0.3, -0.25) is 0 Å². The molecule has 0 fully saturated rings. The molecule has 12 heavy (non-hydrogen) atoms.